The molecule has 20 heteroatoms. The molecule has 0 aliphatic rings. The van der Waals surface area contributed by atoms with Gasteiger partial charge in [0.15, 0.2) is 30.7 Å². The number of ether oxygens (including phenoxy) is 2. The lowest BCUT2D eigenvalue weighted by atomic mass is 9.45. The molecule has 0 aromatic carbocycles. The summed E-state index contributed by atoms with van der Waals surface area (Å²) in [5, 5.41) is 59.8. The lowest BCUT2D eigenvalue weighted by Gasteiger charge is -2.67. The van der Waals surface area contributed by atoms with Crippen molar-refractivity contribution < 1.29 is 68.9 Å². The van der Waals surface area contributed by atoms with Crippen LogP contribution in [-0.2, 0) is 38.2 Å². The van der Waals surface area contributed by atoms with Crippen molar-refractivity contribution in [2.75, 3.05) is 39.6 Å². The SMILES string of the molecule is CCCCCCCCCCCCC(CC(=O)S)OC(C(CCCCCCCCCCCC)CC(=O)S)(C(CCCCCCCCCCCC)CC(=O)S)C(CO)(CO)C(OC(CCCCCCCCCCCC)CC(=O)S)(C(CCCCCCCCCCCC)CC(=O)S)C(CCCCCCCCCCCC)CC(=O)S.OCC(CO)(CO)CO. The molecule has 14 nitrogen and oxygen atoms in total. The molecule has 0 aromatic rings. The highest BCUT2D eigenvalue weighted by atomic mass is 32.1. The van der Waals surface area contributed by atoms with Crippen LogP contribution in [0.4, 0.5) is 0 Å². The Kier molecular flexibility index (Phi) is 85.6. The van der Waals surface area contributed by atoms with E-state index < -0.39 is 128 Å². The van der Waals surface area contributed by atoms with Crippen molar-refractivity contribution in [1.29, 1.82) is 0 Å². The van der Waals surface area contributed by atoms with Crippen molar-refractivity contribution in [2.24, 2.45) is 34.5 Å². The van der Waals surface area contributed by atoms with Gasteiger partial charge in [-0.05, 0) is 62.2 Å². The van der Waals surface area contributed by atoms with Gasteiger partial charge in [0.2, 0.25) is 0 Å². The quantitative estimate of drug-likeness (QED) is 0.0200. The number of aliphatic hydroxyl groups is 6. The second-order valence-electron chi connectivity index (χ2n) is 36.8. The number of thiol groups is 6. The normalized spacial score (nSPS) is 14.6. The minimum absolute atomic E-state index is 0.146. The zero-order valence-electron chi connectivity index (χ0n) is 78.3. The molecule has 0 radical (unpaired) electrons. The van der Waals surface area contributed by atoms with Crippen LogP contribution in [-0.4, -0.2) is 124 Å². The molecule has 6 atom stereocenters. The Morgan fingerprint density at radius 3 is 0.475 bits per heavy atom. The summed E-state index contributed by atoms with van der Waals surface area (Å²) in [6.07, 6.45) is 63.3. The first-order valence-corrected chi connectivity index (χ1v) is 53.1. The van der Waals surface area contributed by atoms with Crippen LogP contribution in [0.3, 0.4) is 0 Å². The van der Waals surface area contributed by atoms with Crippen molar-refractivity contribution in [1.82, 2.24) is 0 Å². The molecule has 0 heterocycles. The summed E-state index contributed by atoms with van der Waals surface area (Å²) >= 11 is 28.3. The zero-order valence-corrected chi connectivity index (χ0v) is 83.6. The molecule has 0 bridgehead atoms. The van der Waals surface area contributed by atoms with Crippen LogP contribution in [0.1, 0.15) is 504 Å². The van der Waals surface area contributed by atoms with Crippen LogP contribution in [0.2, 0.25) is 0 Å². The molecule has 6 N–H and O–H groups in total. The number of rotatable bonds is 94. The van der Waals surface area contributed by atoms with E-state index in [4.69, 9.17) is 80.4 Å². The van der Waals surface area contributed by atoms with Crippen LogP contribution in [0.25, 0.3) is 0 Å². The topological polar surface area (TPSA) is 242 Å². The zero-order chi connectivity index (χ0) is 89.5. The number of carbonyl (C=O) groups is 6. The molecular formula is C100H192O14S6. The summed E-state index contributed by atoms with van der Waals surface area (Å²) in [7, 11) is 0. The van der Waals surface area contributed by atoms with Gasteiger partial charge in [-0.2, -0.15) is 0 Å². The van der Waals surface area contributed by atoms with Gasteiger partial charge in [0.1, 0.15) is 0 Å². The van der Waals surface area contributed by atoms with Gasteiger partial charge in [0.25, 0.3) is 0 Å². The fraction of sp³-hybridized carbons (Fsp3) is 0.940. The first-order valence-electron chi connectivity index (χ1n) is 50.4. The monoisotopic (exact) mass is 1810 g/mol. The molecule has 0 spiro atoms. The fourth-order valence-corrected chi connectivity index (χ4v) is 20.6. The Morgan fingerprint density at radius 2 is 0.350 bits per heavy atom. The Hall–Kier alpha value is -0.200. The van der Waals surface area contributed by atoms with E-state index in [9.17, 15) is 39.0 Å². The van der Waals surface area contributed by atoms with Crippen LogP contribution >= 0.6 is 75.8 Å². The Labute approximate surface area is 771 Å². The predicted molar refractivity (Wildman–Crippen MR) is 527 cm³/mol. The largest absolute Gasteiger partial charge is 0.396 e. The lowest BCUT2D eigenvalue weighted by Crippen LogP contribution is -2.77. The van der Waals surface area contributed by atoms with E-state index in [0.717, 1.165) is 180 Å². The number of hydrogen-bond donors (Lipinski definition) is 12. The third-order valence-corrected chi connectivity index (χ3v) is 27.5. The van der Waals surface area contributed by atoms with E-state index in [1.807, 2.05) is 0 Å². The molecule has 712 valence electrons. The van der Waals surface area contributed by atoms with Gasteiger partial charge in [-0.25, -0.2) is 0 Å². The van der Waals surface area contributed by atoms with E-state index in [2.05, 4.69) is 66.8 Å². The van der Waals surface area contributed by atoms with E-state index in [-0.39, 0.29) is 38.5 Å². The first-order chi connectivity index (χ1) is 58.1. The molecule has 0 saturated heterocycles. The van der Waals surface area contributed by atoms with Crippen molar-refractivity contribution in [3.05, 3.63) is 0 Å². The maximum Gasteiger partial charge on any atom is 0.188 e. The van der Waals surface area contributed by atoms with E-state index in [1.165, 1.54) is 167 Å². The second kappa shape index (κ2) is 84.4. The number of aliphatic hydroxyl groups excluding tert-OH is 6. The van der Waals surface area contributed by atoms with Gasteiger partial charge in [-0.15, -0.1) is 75.8 Å². The summed E-state index contributed by atoms with van der Waals surface area (Å²) < 4.78 is 17.0. The summed E-state index contributed by atoms with van der Waals surface area (Å²) in [4.78, 5) is 88.5. The average Bonchev–Trinajstić information content (AvgIpc) is 0.685. The Balaban J connectivity index is 0. The van der Waals surface area contributed by atoms with Crippen molar-refractivity contribution in [3.63, 3.8) is 0 Å². The highest BCUT2D eigenvalue weighted by molar-refractivity contribution is 7.97. The molecule has 0 fully saturated rings. The molecule has 0 rings (SSSR count). The average molecular weight is 1810 g/mol. The van der Waals surface area contributed by atoms with Crippen LogP contribution in [0, 0.1) is 34.5 Å². The van der Waals surface area contributed by atoms with Gasteiger partial charge >= 0.3 is 0 Å². The van der Waals surface area contributed by atoms with Crippen LogP contribution < -0.4 is 0 Å². The molecule has 0 aliphatic carbocycles. The van der Waals surface area contributed by atoms with Crippen molar-refractivity contribution in [3.8, 4) is 0 Å². The summed E-state index contributed by atoms with van der Waals surface area (Å²) in [5.74, 6) is -3.59. The van der Waals surface area contributed by atoms with E-state index in [0.29, 0.717) is 77.0 Å². The molecule has 0 saturated carbocycles. The summed E-state index contributed by atoms with van der Waals surface area (Å²) in [5.41, 5.74) is -7.20. The smallest absolute Gasteiger partial charge is 0.188 e. The van der Waals surface area contributed by atoms with E-state index >= 15 is 0 Å². The number of hydrogen-bond acceptors (Lipinski definition) is 14. The molecule has 0 amide bonds. The van der Waals surface area contributed by atoms with Crippen LogP contribution in [0.5, 0.6) is 0 Å². The van der Waals surface area contributed by atoms with Gasteiger partial charge in [0, 0.05) is 38.5 Å². The molecule has 120 heavy (non-hydrogen) atoms. The fourth-order valence-electron chi connectivity index (χ4n) is 19.3. The van der Waals surface area contributed by atoms with Gasteiger partial charge in [-0.3, -0.25) is 28.8 Å². The Bertz CT molecular complexity index is 2110. The van der Waals surface area contributed by atoms with Crippen molar-refractivity contribution >= 4 is 106 Å². The van der Waals surface area contributed by atoms with Gasteiger partial charge in [0.05, 0.1) is 73.9 Å². The standard InChI is InChI=1S/C95H180O10S6.C5H12O4/c1-7-13-19-25-31-37-43-49-55-61-67-81(73-87(98)106)94(82(74-88(99)107)68-62-56-50-44-38-32-26-20-14-8-2,104-85(77-91(102)110)71-65-59-53-47-41-35-29-23-17-11-5)93(79-96,80-97)95(83(75-89(100)108)69-63-57-51-45-39-33-27-21-15-9-3,84(76-90(101)109)70-64-58-52-46-40-34-28-22-16-10-4)105-86(78-92(103)111)72-66-60-54-48-42-36-30-24-18-12-6;6-1-5(2-7,3-8)4-9/h81-86,96-97H,7-80H2,1-6H3,(H,98,106)(H,99,107)(H,100,108)(H,101,109)(H,102,110)(H,103,111);6-9H,1-4H2. The third-order valence-electron chi connectivity index (χ3n) is 26.4. The predicted octanol–water partition coefficient (Wildman–Crippen LogP) is 27.6. The minimum atomic E-state index is -2.14. The number of unbranched alkanes of at least 4 members (excludes halogenated alkanes) is 54. The highest BCUT2D eigenvalue weighted by Crippen LogP contribution is 2.64. The Morgan fingerprint density at radius 1 is 0.208 bits per heavy atom. The molecule has 0 aliphatic heterocycles. The van der Waals surface area contributed by atoms with Crippen molar-refractivity contribution in [2.45, 2.75) is 527 Å². The second-order valence-corrected chi connectivity index (χ2v) is 39.8. The van der Waals surface area contributed by atoms with Gasteiger partial charge in [-0.1, -0.05) is 427 Å². The summed E-state index contributed by atoms with van der Waals surface area (Å²) in [6.45, 7) is 10.2. The third kappa shape index (κ3) is 58.5. The molecular weight excluding hydrogens is 1620 g/mol. The van der Waals surface area contributed by atoms with Gasteiger partial charge < -0.3 is 40.1 Å². The number of carbonyl (C=O) groups excluding carboxylic acids is 6. The summed E-state index contributed by atoms with van der Waals surface area (Å²) in [6, 6.07) is 0. The maximum atomic E-state index is 15.0. The molecule has 6 unspecified atom stereocenters. The first kappa shape index (κ1) is 122. The maximum absolute atomic E-state index is 15.0. The molecule has 0 aromatic heterocycles. The van der Waals surface area contributed by atoms with E-state index in [1.54, 1.807) is 0 Å². The minimum Gasteiger partial charge on any atom is -0.396 e. The lowest BCUT2D eigenvalue weighted by molar-refractivity contribution is -0.344. The highest BCUT2D eigenvalue weighted by Gasteiger charge is 2.73. The van der Waals surface area contributed by atoms with Crippen LogP contribution in [0.15, 0.2) is 0 Å².